The first-order valence-electron chi connectivity index (χ1n) is 5.80. The second-order valence-electron chi connectivity index (χ2n) is 4.66. The summed E-state index contributed by atoms with van der Waals surface area (Å²) in [5.41, 5.74) is -0.788. The molecular weight excluding hydrogens is 244 g/mol. The maximum atomic E-state index is 11.8. The number of nitrogens with zero attached hydrogens (tertiary/aromatic N) is 1. The fourth-order valence-electron chi connectivity index (χ4n) is 2.54. The highest BCUT2D eigenvalue weighted by Gasteiger charge is 2.42. The van der Waals surface area contributed by atoms with Gasteiger partial charge >= 0.3 is 5.69 Å². The summed E-state index contributed by atoms with van der Waals surface area (Å²) < 4.78 is 6.89. The van der Waals surface area contributed by atoms with Gasteiger partial charge in [-0.05, 0) is 25.2 Å². The fourth-order valence-corrected chi connectivity index (χ4v) is 2.72. The van der Waals surface area contributed by atoms with Gasteiger partial charge in [0.15, 0.2) is 0 Å². The molecule has 92 valence electrons. The van der Waals surface area contributed by atoms with Gasteiger partial charge in [0.25, 0.3) is 5.56 Å². The van der Waals surface area contributed by atoms with Crippen LogP contribution in [0.5, 0.6) is 0 Å². The summed E-state index contributed by atoms with van der Waals surface area (Å²) in [5.74, 6) is 0.504. The molecule has 0 amide bonds. The highest BCUT2D eigenvalue weighted by atomic mass is 35.5. The smallest absolute Gasteiger partial charge is 0.329 e. The van der Waals surface area contributed by atoms with Gasteiger partial charge in [-0.25, -0.2) is 4.79 Å². The molecule has 1 saturated heterocycles. The van der Waals surface area contributed by atoms with Crippen LogP contribution in [0.3, 0.4) is 0 Å². The Morgan fingerprint density at radius 2 is 2.12 bits per heavy atom. The number of aromatic nitrogens is 2. The Hall–Kier alpha value is -1.07. The number of nitrogens with one attached hydrogen (secondary N) is 1. The number of H-pyrrole nitrogens is 1. The van der Waals surface area contributed by atoms with Gasteiger partial charge in [-0.1, -0.05) is 11.6 Å². The van der Waals surface area contributed by atoms with Crippen molar-refractivity contribution in [2.24, 2.45) is 5.92 Å². The summed E-state index contributed by atoms with van der Waals surface area (Å²) in [4.78, 5) is 26.1. The molecule has 1 N–H and O–H groups in total. The first kappa shape index (κ1) is 11.0. The molecular formula is C11H13ClN2O3. The second-order valence-corrected chi connectivity index (χ2v) is 5.07. The minimum Gasteiger partial charge on any atom is -0.376 e. The number of ether oxygens (including phenoxy) is 1. The summed E-state index contributed by atoms with van der Waals surface area (Å²) >= 11 is 5.64. The molecule has 1 aromatic heterocycles. The van der Waals surface area contributed by atoms with E-state index in [1.165, 1.54) is 10.6 Å². The molecule has 1 saturated carbocycles. The van der Waals surface area contributed by atoms with Crippen molar-refractivity contribution in [3.63, 3.8) is 0 Å². The zero-order chi connectivity index (χ0) is 12.0. The second kappa shape index (κ2) is 3.99. The lowest BCUT2D eigenvalue weighted by Gasteiger charge is -2.19. The van der Waals surface area contributed by atoms with Gasteiger partial charge in [0.05, 0.1) is 12.1 Å². The third kappa shape index (κ3) is 1.93. The molecule has 0 spiro atoms. The zero-order valence-corrected chi connectivity index (χ0v) is 9.94. The van der Waals surface area contributed by atoms with Crippen LogP contribution >= 0.6 is 11.6 Å². The lowest BCUT2D eigenvalue weighted by atomic mass is 10.1. The van der Waals surface area contributed by atoms with Gasteiger partial charge < -0.3 is 4.74 Å². The number of aromatic amines is 1. The van der Waals surface area contributed by atoms with Crippen LogP contribution in [-0.4, -0.2) is 22.3 Å². The lowest BCUT2D eigenvalue weighted by Crippen LogP contribution is -2.41. The van der Waals surface area contributed by atoms with E-state index in [1.807, 2.05) is 0 Å². The minimum atomic E-state index is -0.441. The Kier molecular flexibility index (Phi) is 2.60. The molecule has 0 aromatic carbocycles. The zero-order valence-electron chi connectivity index (χ0n) is 9.19. The fraction of sp³-hybridized carbons (Fsp3) is 0.636. The van der Waals surface area contributed by atoms with Crippen molar-refractivity contribution in [3.8, 4) is 0 Å². The predicted octanol–water partition coefficient (Wildman–Crippen LogP) is 0.930. The summed E-state index contributed by atoms with van der Waals surface area (Å²) in [6.45, 7) is 0.611. The van der Waals surface area contributed by atoms with E-state index in [-0.39, 0.29) is 22.9 Å². The van der Waals surface area contributed by atoms with Gasteiger partial charge in [0, 0.05) is 12.7 Å². The average molecular weight is 257 g/mol. The van der Waals surface area contributed by atoms with Crippen LogP contribution in [0.25, 0.3) is 0 Å². The molecule has 1 aliphatic heterocycles. The van der Waals surface area contributed by atoms with Gasteiger partial charge in [-0.2, -0.15) is 0 Å². The Labute approximate surface area is 102 Å². The topological polar surface area (TPSA) is 64.1 Å². The first-order valence-corrected chi connectivity index (χ1v) is 6.17. The van der Waals surface area contributed by atoms with Crippen molar-refractivity contribution in [1.82, 2.24) is 9.55 Å². The third-order valence-corrected chi connectivity index (χ3v) is 3.66. The lowest BCUT2D eigenvalue weighted by molar-refractivity contribution is 0.0735. The first-order chi connectivity index (χ1) is 8.16. The third-order valence-electron chi connectivity index (χ3n) is 3.45. The maximum Gasteiger partial charge on any atom is 0.329 e. The molecule has 2 unspecified atom stereocenters. The molecule has 1 aromatic rings. The van der Waals surface area contributed by atoms with Crippen molar-refractivity contribution in [2.75, 3.05) is 6.61 Å². The molecule has 0 bridgehead atoms. The highest BCUT2D eigenvalue weighted by molar-refractivity contribution is 6.29. The molecule has 5 nitrogen and oxygen atoms in total. The summed E-state index contributed by atoms with van der Waals surface area (Å²) in [7, 11) is 0. The Morgan fingerprint density at radius 1 is 1.35 bits per heavy atom. The minimum absolute atomic E-state index is 0.00924. The normalized spacial score (nSPS) is 28.5. The SMILES string of the molecule is O=c1cc(Cl)[nH]c(=O)n1C1CCOC1C1CC1. The van der Waals surface area contributed by atoms with E-state index < -0.39 is 5.69 Å². The highest BCUT2D eigenvalue weighted by Crippen LogP contribution is 2.42. The average Bonchev–Trinajstić information content (AvgIpc) is 2.98. The van der Waals surface area contributed by atoms with Gasteiger partial charge in [-0.15, -0.1) is 0 Å². The molecule has 0 radical (unpaired) electrons. The largest absolute Gasteiger partial charge is 0.376 e. The summed E-state index contributed by atoms with van der Waals surface area (Å²) in [5, 5.41) is 0.0816. The predicted molar refractivity (Wildman–Crippen MR) is 62.5 cm³/mol. The summed E-state index contributed by atoms with van der Waals surface area (Å²) in [6, 6.07) is 1.10. The molecule has 2 heterocycles. The van der Waals surface area contributed by atoms with Crippen LogP contribution in [-0.2, 0) is 4.74 Å². The van der Waals surface area contributed by atoms with Gasteiger partial charge in [0.2, 0.25) is 0 Å². The van der Waals surface area contributed by atoms with E-state index in [4.69, 9.17) is 16.3 Å². The van der Waals surface area contributed by atoms with Crippen LogP contribution < -0.4 is 11.2 Å². The van der Waals surface area contributed by atoms with Crippen LogP contribution in [0.2, 0.25) is 5.15 Å². The number of halogens is 1. The maximum absolute atomic E-state index is 11.8. The van der Waals surface area contributed by atoms with E-state index in [2.05, 4.69) is 4.98 Å². The Morgan fingerprint density at radius 3 is 2.76 bits per heavy atom. The Bertz CT molecular complexity index is 515. The van der Waals surface area contributed by atoms with Crippen molar-refractivity contribution in [3.05, 3.63) is 32.1 Å². The van der Waals surface area contributed by atoms with E-state index in [9.17, 15) is 9.59 Å². The van der Waals surface area contributed by atoms with Crippen LogP contribution in [0, 0.1) is 5.92 Å². The van der Waals surface area contributed by atoms with Crippen LogP contribution in [0.4, 0.5) is 0 Å². The van der Waals surface area contributed by atoms with E-state index in [0.717, 1.165) is 12.8 Å². The van der Waals surface area contributed by atoms with Gasteiger partial charge in [-0.3, -0.25) is 14.3 Å². The van der Waals surface area contributed by atoms with Crippen molar-refractivity contribution >= 4 is 11.6 Å². The number of hydrogen-bond acceptors (Lipinski definition) is 3. The quantitative estimate of drug-likeness (QED) is 0.801. The Balaban J connectivity index is 2.03. The molecule has 2 atom stereocenters. The molecule has 1 aliphatic carbocycles. The molecule has 17 heavy (non-hydrogen) atoms. The molecule has 2 aliphatic rings. The van der Waals surface area contributed by atoms with Crippen molar-refractivity contribution in [1.29, 1.82) is 0 Å². The van der Waals surface area contributed by atoms with E-state index in [0.29, 0.717) is 18.9 Å². The van der Waals surface area contributed by atoms with Gasteiger partial charge in [0.1, 0.15) is 5.15 Å². The van der Waals surface area contributed by atoms with Crippen LogP contribution in [0.1, 0.15) is 25.3 Å². The number of rotatable bonds is 2. The van der Waals surface area contributed by atoms with Crippen molar-refractivity contribution < 1.29 is 4.74 Å². The van der Waals surface area contributed by atoms with E-state index in [1.54, 1.807) is 0 Å². The molecule has 3 rings (SSSR count). The van der Waals surface area contributed by atoms with Crippen molar-refractivity contribution in [2.45, 2.75) is 31.4 Å². The molecule has 2 fully saturated rings. The van der Waals surface area contributed by atoms with Crippen LogP contribution in [0.15, 0.2) is 15.7 Å². The summed E-state index contributed by atoms with van der Waals surface area (Å²) in [6.07, 6.45) is 2.98. The number of hydrogen-bond donors (Lipinski definition) is 1. The van der Waals surface area contributed by atoms with E-state index >= 15 is 0 Å². The molecule has 6 heteroatoms. The monoisotopic (exact) mass is 256 g/mol. The standard InChI is InChI=1S/C11H13ClN2O3/c12-8-5-9(15)14(11(16)13-8)7-3-4-17-10(7)6-1-2-6/h5-7,10H,1-4H2,(H,13,16).